The molecule has 0 saturated carbocycles. The molecule has 1 aromatic carbocycles. The van der Waals surface area contributed by atoms with Crippen molar-refractivity contribution in [3.8, 4) is 0 Å². The van der Waals surface area contributed by atoms with Crippen molar-refractivity contribution in [3.63, 3.8) is 0 Å². The third-order valence-electron chi connectivity index (χ3n) is 4.49. The van der Waals surface area contributed by atoms with E-state index in [-0.39, 0.29) is 17.8 Å². The molecular formula is C16H23N3O2. The zero-order valence-corrected chi connectivity index (χ0v) is 12.5. The molecule has 1 saturated heterocycles. The van der Waals surface area contributed by atoms with Gasteiger partial charge in [0, 0.05) is 25.7 Å². The van der Waals surface area contributed by atoms with Gasteiger partial charge in [-0.15, -0.1) is 0 Å². The lowest BCUT2D eigenvalue weighted by Crippen LogP contribution is -2.40. The van der Waals surface area contributed by atoms with Crippen molar-refractivity contribution in [3.05, 3.63) is 34.7 Å². The molecule has 2 heterocycles. The molecule has 0 amide bonds. The Kier molecular flexibility index (Phi) is 4.12. The monoisotopic (exact) mass is 289 g/mol. The molecule has 0 radical (unpaired) electrons. The lowest BCUT2D eigenvalue weighted by atomic mass is 10.0. The van der Waals surface area contributed by atoms with Gasteiger partial charge in [-0.2, -0.15) is 0 Å². The zero-order valence-electron chi connectivity index (χ0n) is 12.5. The molecule has 1 aromatic heterocycles. The number of hydrogen-bond acceptors (Lipinski definition) is 3. The molecule has 1 atom stereocenters. The number of benzene rings is 1. The van der Waals surface area contributed by atoms with E-state index in [9.17, 15) is 9.90 Å². The predicted molar refractivity (Wildman–Crippen MR) is 83.6 cm³/mol. The minimum atomic E-state index is -0.239. The van der Waals surface area contributed by atoms with Gasteiger partial charge in [0.2, 0.25) is 0 Å². The fourth-order valence-electron chi connectivity index (χ4n) is 3.22. The minimum absolute atomic E-state index is 0.0109. The molecule has 2 N–H and O–H groups in total. The second-order valence-corrected chi connectivity index (χ2v) is 5.91. The third-order valence-corrected chi connectivity index (χ3v) is 4.49. The number of aromatic nitrogens is 2. The zero-order chi connectivity index (χ0) is 14.8. The van der Waals surface area contributed by atoms with Crippen molar-refractivity contribution in [1.29, 1.82) is 0 Å². The van der Waals surface area contributed by atoms with E-state index >= 15 is 0 Å². The molecule has 1 aliphatic heterocycles. The van der Waals surface area contributed by atoms with Gasteiger partial charge >= 0.3 is 5.69 Å². The second-order valence-electron chi connectivity index (χ2n) is 5.91. The van der Waals surface area contributed by atoms with E-state index in [1.165, 1.54) is 0 Å². The van der Waals surface area contributed by atoms with Gasteiger partial charge in [-0.05, 0) is 31.4 Å². The molecule has 5 heteroatoms. The quantitative estimate of drug-likeness (QED) is 0.901. The van der Waals surface area contributed by atoms with Crippen LogP contribution in [0.4, 0.5) is 0 Å². The highest BCUT2D eigenvalue weighted by Gasteiger charge is 2.24. The number of fused-ring (bicyclic) bond motifs is 1. The number of H-pyrrole nitrogens is 1. The number of imidazole rings is 1. The molecular weight excluding hydrogens is 266 g/mol. The van der Waals surface area contributed by atoms with Crippen molar-refractivity contribution >= 4 is 11.0 Å². The molecule has 5 nitrogen and oxygen atoms in total. The first-order chi connectivity index (χ1) is 10.2. The van der Waals surface area contributed by atoms with Crippen molar-refractivity contribution in [2.24, 2.45) is 0 Å². The van der Waals surface area contributed by atoms with Crippen molar-refractivity contribution in [2.45, 2.75) is 38.3 Å². The molecule has 3 rings (SSSR count). The maximum Gasteiger partial charge on any atom is 0.326 e. The highest BCUT2D eigenvalue weighted by Crippen LogP contribution is 2.24. The number of likely N-dealkylation sites (tertiary alicyclic amines) is 1. The molecule has 1 aliphatic rings. The standard InChI is InChI=1S/C16H23N3O2/c1-2-13(20)11-18-9-7-12(8-10-18)19-15-6-4-3-5-14(15)17-16(19)21/h3-6,12-13,20H,2,7-11H2,1H3,(H,17,21)/t13-/m1/s1. The van der Waals surface area contributed by atoms with E-state index < -0.39 is 0 Å². The smallest absolute Gasteiger partial charge is 0.326 e. The van der Waals surface area contributed by atoms with Crippen LogP contribution in [-0.4, -0.2) is 45.3 Å². The molecule has 21 heavy (non-hydrogen) atoms. The minimum Gasteiger partial charge on any atom is -0.392 e. The maximum atomic E-state index is 12.2. The molecule has 1 fully saturated rings. The van der Waals surface area contributed by atoms with Crippen LogP contribution < -0.4 is 5.69 Å². The van der Waals surface area contributed by atoms with E-state index in [1.807, 2.05) is 35.8 Å². The lowest BCUT2D eigenvalue weighted by Gasteiger charge is -2.33. The van der Waals surface area contributed by atoms with Gasteiger partial charge in [0.05, 0.1) is 17.1 Å². The van der Waals surface area contributed by atoms with Gasteiger partial charge in [0.15, 0.2) is 0 Å². The Bertz CT molecular complexity index is 653. The average molecular weight is 289 g/mol. The maximum absolute atomic E-state index is 12.2. The van der Waals surface area contributed by atoms with Crippen LogP contribution in [0.15, 0.2) is 29.1 Å². The molecule has 0 bridgehead atoms. The highest BCUT2D eigenvalue weighted by atomic mass is 16.3. The number of aromatic amines is 1. The van der Waals surface area contributed by atoms with Gasteiger partial charge in [-0.25, -0.2) is 4.79 Å². The fraction of sp³-hybridized carbons (Fsp3) is 0.562. The Balaban J connectivity index is 1.74. The molecule has 0 unspecified atom stereocenters. The highest BCUT2D eigenvalue weighted by molar-refractivity contribution is 5.75. The summed E-state index contributed by atoms with van der Waals surface area (Å²) in [5.74, 6) is 0. The Hall–Kier alpha value is -1.59. The first-order valence-corrected chi connectivity index (χ1v) is 7.78. The van der Waals surface area contributed by atoms with Crippen molar-refractivity contribution in [1.82, 2.24) is 14.5 Å². The van der Waals surface area contributed by atoms with Gasteiger partial charge < -0.3 is 15.0 Å². The SMILES string of the molecule is CC[C@@H](O)CN1CCC(n2c(=O)[nH]c3ccccc32)CC1. The topological polar surface area (TPSA) is 61.3 Å². The van der Waals surface area contributed by atoms with Crippen LogP contribution in [0.3, 0.4) is 0 Å². The molecule has 0 aliphatic carbocycles. The third kappa shape index (κ3) is 2.89. The summed E-state index contributed by atoms with van der Waals surface area (Å²) in [6.07, 6.45) is 2.47. The van der Waals surface area contributed by atoms with Gasteiger partial charge in [0.25, 0.3) is 0 Å². The van der Waals surface area contributed by atoms with E-state index in [2.05, 4.69) is 9.88 Å². The van der Waals surface area contributed by atoms with Crippen molar-refractivity contribution in [2.75, 3.05) is 19.6 Å². The summed E-state index contributed by atoms with van der Waals surface area (Å²) in [6.45, 7) is 4.62. The van der Waals surface area contributed by atoms with Crippen LogP contribution in [0.1, 0.15) is 32.2 Å². The van der Waals surface area contributed by atoms with Gasteiger partial charge in [-0.1, -0.05) is 19.1 Å². The summed E-state index contributed by atoms with van der Waals surface area (Å²) in [5, 5.41) is 9.74. The number of hydrogen-bond donors (Lipinski definition) is 2. The van der Waals surface area contributed by atoms with E-state index in [1.54, 1.807) is 0 Å². The number of piperidine rings is 1. The predicted octanol–water partition coefficient (Wildman–Crippen LogP) is 1.74. The molecule has 114 valence electrons. The normalized spacial score (nSPS) is 19.1. The van der Waals surface area contributed by atoms with Crippen LogP contribution in [0.5, 0.6) is 0 Å². The average Bonchev–Trinajstić information content (AvgIpc) is 2.84. The summed E-state index contributed by atoms with van der Waals surface area (Å²) >= 11 is 0. The molecule has 0 spiro atoms. The fourth-order valence-corrected chi connectivity index (χ4v) is 3.22. The number of β-amino-alcohol motifs (C(OH)–C–C–N with tert-alkyl or cyclic N) is 1. The van der Waals surface area contributed by atoms with Crippen LogP contribution in [-0.2, 0) is 0 Å². The Morgan fingerprint density at radius 1 is 1.33 bits per heavy atom. The first-order valence-electron chi connectivity index (χ1n) is 7.78. The number of nitrogens with one attached hydrogen (secondary N) is 1. The summed E-state index contributed by atoms with van der Waals surface area (Å²) in [7, 11) is 0. The van der Waals surface area contributed by atoms with E-state index in [0.29, 0.717) is 0 Å². The summed E-state index contributed by atoms with van der Waals surface area (Å²) in [4.78, 5) is 17.4. The van der Waals surface area contributed by atoms with Crippen LogP contribution in [0.25, 0.3) is 11.0 Å². The van der Waals surface area contributed by atoms with Crippen LogP contribution in [0, 0.1) is 0 Å². The van der Waals surface area contributed by atoms with Gasteiger partial charge in [-0.3, -0.25) is 4.57 Å². The number of rotatable bonds is 4. The largest absolute Gasteiger partial charge is 0.392 e. The van der Waals surface area contributed by atoms with E-state index in [0.717, 1.165) is 49.9 Å². The summed E-state index contributed by atoms with van der Waals surface area (Å²) < 4.78 is 1.91. The Morgan fingerprint density at radius 2 is 2.05 bits per heavy atom. The first kappa shape index (κ1) is 14.4. The lowest BCUT2D eigenvalue weighted by molar-refractivity contribution is 0.0882. The Morgan fingerprint density at radius 3 is 2.76 bits per heavy atom. The number of aliphatic hydroxyl groups excluding tert-OH is 1. The number of nitrogens with zero attached hydrogens (tertiary/aromatic N) is 2. The van der Waals surface area contributed by atoms with Crippen LogP contribution >= 0.6 is 0 Å². The van der Waals surface area contributed by atoms with Crippen LogP contribution in [0.2, 0.25) is 0 Å². The Labute approximate surface area is 124 Å². The second kappa shape index (κ2) is 6.03. The van der Waals surface area contributed by atoms with Crippen molar-refractivity contribution < 1.29 is 5.11 Å². The number of para-hydroxylation sites is 2. The molecule has 2 aromatic rings. The van der Waals surface area contributed by atoms with E-state index in [4.69, 9.17) is 0 Å². The van der Waals surface area contributed by atoms with Gasteiger partial charge in [0.1, 0.15) is 0 Å². The number of aliphatic hydroxyl groups is 1. The summed E-state index contributed by atoms with van der Waals surface area (Å²) in [6, 6.07) is 8.11. The summed E-state index contributed by atoms with van der Waals surface area (Å²) in [5.41, 5.74) is 1.89.